The van der Waals surface area contributed by atoms with Gasteiger partial charge in [-0.05, 0) is 41.8 Å². The topological polar surface area (TPSA) is 96.8 Å². The van der Waals surface area contributed by atoms with Crippen molar-refractivity contribution in [1.82, 2.24) is 4.98 Å². The smallest absolute Gasteiger partial charge is 0.239 e. The van der Waals surface area contributed by atoms with Crippen molar-refractivity contribution in [3.05, 3.63) is 71.6 Å². The van der Waals surface area contributed by atoms with E-state index in [0.29, 0.717) is 11.3 Å². The van der Waals surface area contributed by atoms with E-state index >= 15 is 0 Å². The molecule has 0 aliphatic heterocycles. The van der Waals surface area contributed by atoms with E-state index in [2.05, 4.69) is 17.1 Å². The van der Waals surface area contributed by atoms with Crippen LogP contribution in [0, 0.1) is 11.3 Å². The summed E-state index contributed by atoms with van der Waals surface area (Å²) >= 11 is 0. The molecule has 2 aromatic rings. The summed E-state index contributed by atoms with van der Waals surface area (Å²) < 4.78 is 22.6. The third-order valence-electron chi connectivity index (χ3n) is 3.60. The van der Waals surface area contributed by atoms with Gasteiger partial charge in [0, 0.05) is 11.8 Å². The van der Waals surface area contributed by atoms with E-state index in [1.54, 1.807) is 18.2 Å². The molecular formula is C17H13N3O2S. The SMILES string of the molecule is N#Cc1ccc(C2=CCC=C2c2ccc(S(N)(=O)=O)cn2)cc1. The number of pyridine rings is 1. The first-order valence-electron chi connectivity index (χ1n) is 6.89. The lowest BCUT2D eigenvalue weighted by Crippen LogP contribution is -2.12. The molecule has 114 valence electrons. The van der Waals surface area contributed by atoms with Crippen molar-refractivity contribution in [2.45, 2.75) is 11.3 Å². The fourth-order valence-corrected chi connectivity index (χ4v) is 2.92. The molecule has 1 aliphatic carbocycles. The molecule has 0 unspecified atom stereocenters. The third-order valence-corrected chi connectivity index (χ3v) is 4.50. The number of benzene rings is 1. The molecule has 1 aromatic carbocycles. The molecule has 0 amide bonds. The first-order chi connectivity index (χ1) is 11.0. The van der Waals surface area contributed by atoms with Crippen molar-refractivity contribution in [1.29, 1.82) is 5.26 Å². The quantitative estimate of drug-likeness (QED) is 0.938. The third kappa shape index (κ3) is 3.06. The number of sulfonamides is 1. The summed E-state index contributed by atoms with van der Waals surface area (Å²) in [7, 11) is -3.74. The van der Waals surface area contributed by atoms with Crippen LogP contribution in [0.25, 0.3) is 11.1 Å². The number of hydrogen-bond acceptors (Lipinski definition) is 4. The van der Waals surface area contributed by atoms with Gasteiger partial charge in [-0.2, -0.15) is 5.26 Å². The molecule has 0 spiro atoms. The Hall–Kier alpha value is -2.75. The van der Waals surface area contributed by atoms with Crippen molar-refractivity contribution in [2.24, 2.45) is 5.14 Å². The lowest BCUT2D eigenvalue weighted by atomic mass is 9.97. The predicted molar refractivity (Wildman–Crippen MR) is 87.3 cm³/mol. The maximum Gasteiger partial charge on any atom is 0.239 e. The second-order valence-electron chi connectivity index (χ2n) is 5.08. The monoisotopic (exact) mass is 323 g/mol. The second-order valence-corrected chi connectivity index (χ2v) is 6.65. The fourth-order valence-electron chi connectivity index (χ4n) is 2.46. The van der Waals surface area contributed by atoms with Crippen LogP contribution in [0.2, 0.25) is 0 Å². The molecule has 1 aromatic heterocycles. The highest BCUT2D eigenvalue weighted by molar-refractivity contribution is 7.89. The Labute approximate surface area is 134 Å². The van der Waals surface area contributed by atoms with Gasteiger partial charge in [-0.15, -0.1) is 0 Å². The fraction of sp³-hybridized carbons (Fsp3) is 0.0588. The van der Waals surface area contributed by atoms with Crippen molar-refractivity contribution < 1.29 is 8.42 Å². The number of nitrogens with two attached hydrogens (primary N) is 1. The van der Waals surface area contributed by atoms with Gasteiger partial charge in [0.25, 0.3) is 0 Å². The molecular weight excluding hydrogens is 310 g/mol. The summed E-state index contributed by atoms with van der Waals surface area (Å²) in [6.45, 7) is 0. The highest BCUT2D eigenvalue weighted by Gasteiger charge is 2.16. The lowest BCUT2D eigenvalue weighted by molar-refractivity contribution is 0.597. The van der Waals surface area contributed by atoms with Crippen LogP contribution in [-0.4, -0.2) is 13.4 Å². The summed E-state index contributed by atoms with van der Waals surface area (Å²) in [5.74, 6) is 0. The maximum absolute atomic E-state index is 11.3. The molecule has 1 aliphatic rings. The largest absolute Gasteiger partial charge is 0.255 e. The van der Waals surface area contributed by atoms with Crippen LogP contribution in [-0.2, 0) is 10.0 Å². The summed E-state index contributed by atoms with van der Waals surface area (Å²) in [5, 5.41) is 14.0. The van der Waals surface area contributed by atoms with E-state index in [-0.39, 0.29) is 4.90 Å². The minimum absolute atomic E-state index is 0.0104. The van der Waals surface area contributed by atoms with E-state index in [1.165, 1.54) is 12.3 Å². The van der Waals surface area contributed by atoms with Gasteiger partial charge in [0.2, 0.25) is 10.0 Å². The van der Waals surface area contributed by atoms with Crippen LogP contribution in [0.15, 0.2) is 59.6 Å². The van der Waals surface area contributed by atoms with E-state index < -0.39 is 10.0 Å². The Balaban J connectivity index is 1.94. The molecule has 0 bridgehead atoms. The summed E-state index contributed by atoms with van der Waals surface area (Å²) in [4.78, 5) is 4.21. The molecule has 5 nitrogen and oxygen atoms in total. The Kier molecular flexibility index (Phi) is 3.82. The van der Waals surface area contributed by atoms with Crippen LogP contribution < -0.4 is 5.14 Å². The number of primary sulfonamides is 1. The average molecular weight is 323 g/mol. The van der Waals surface area contributed by atoms with Crippen LogP contribution in [0.1, 0.15) is 23.2 Å². The molecule has 0 saturated heterocycles. The summed E-state index contributed by atoms with van der Waals surface area (Å²) in [5.41, 5.74) is 4.24. The Bertz CT molecular complexity index is 948. The number of allylic oxidation sites excluding steroid dienone is 4. The molecule has 0 saturated carbocycles. The normalized spacial score (nSPS) is 14.1. The first-order valence-corrected chi connectivity index (χ1v) is 8.44. The number of nitrogens with zero attached hydrogens (tertiary/aromatic N) is 2. The molecule has 23 heavy (non-hydrogen) atoms. The van der Waals surface area contributed by atoms with Crippen LogP contribution in [0.5, 0.6) is 0 Å². The van der Waals surface area contributed by atoms with Crippen LogP contribution >= 0.6 is 0 Å². The maximum atomic E-state index is 11.3. The van der Waals surface area contributed by atoms with Gasteiger partial charge in [-0.3, -0.25) is 4.98 Å². The van der Waals surface area contributed by atoms with Gasteiger partial charge in [-0.1, -0.05) is 24.3 Å². The molecule has 0 atom stereocenters. The van der Waals surface area contributed by atoms with Crippen molar-refractivity contribution in [2.75, 3.05) is 0 Å². The second kappa shape index (κ2) is 5.80. The molecule has 0 fully saturated rings. The van der Waals surface area contributed by atoms with Crippen LogP contribution in [0.4, 0.5) is 0 Å². The molecule has 1 heterocycles. The van der Waals surface area contributed by atoms with Gasteiger partial charge < -0.3 is 0 Å². The Morgan fingerprint density at radius 1 is 1.04 bits per heavy atom. The van der Waals surface area contributed by atoms with E-state index in [4.69, 9.17) is 10.4 Å². The summed E-state index contributed by atoms with van der Waals surface area (Å²) in [6, 6.07) is 12.5. The molecule has 3 rings (SSSR count). The number of hydrogen-bond donors (Lipinski definition) is 1. The van der Waals surface area contributed by atoms with Crippen molar-refractivity contribution in [3.63, 3.8) is 0 Å². The standard InChI is InChI=1S/C17H13N3O2S/c18-10-12-4-6-13(7-5-12)15-2-1-3-16(15)17-9-8-14(11-20-17)23(19,21)22/h2-9,11H,1H2,(H2,19,21,22). The molecule has 6 heteroatoms. The van der Waals surface area contributed by atoms with E-state index in [1.807, 2.05) is 18.2 Å². The van der Waals surface area contributed by atoms with Gasteiger partial charge in [0.05, 0.1) is 17.3 Å². The minimum Gasteiger partial charge on any atom is -0.255 e. The molecule has 0 radical (unpaired) electrons. The number of rotatable bonds is 3. The van der Waals surface area contributed by atoms with Crippen LogP contribution in [0.3, 0.4) is 0 Å². The van der Waals surface area contributed by atoms with Gasteiger partial charge in [0.15, 0.2) is 0 Å². The van der Waals surface area contributed by atoms with Crippen molar-refractivity contribution in [3.8, 4) is 6.07 Å². The highest BCUT2D eigenvalue weighted by atomic mass is 32.2. The zero-order valence-corrected chi connectivity index (χ0v) is 12.9. The van der Waals surface area contributed by atoms with Gasteiger partial charge in [-0.25, -0.2) is 13.6 Å². The predicted octanol–water partition coefficient (Wildman–Crippen LogP) is 2.47. The Morgan fingerprint density at radius 3 is 2.30 bits per heavy atom. The van der Waals surface area contributed by atoms with E-state index in [9.17, 15) is 8.42 Å². The van der Waals surface area contributed by atoms with Gasteiger partial charge >= 0.3 is 0 Å². The van der Waals surface area contributed by atoms with E-state index in [0.717, 1.165) is 23.1 Å². The lowest BCUT2D eigenvalue weighted by Gasteiger charge is -2.09. The highest BCUT2D eigenvalue weighted by Crippen LogP contribution is 2.35. The Morgan fingerprint density at radius 2 is 1.74 bits per heavy atom. The van der Waals surface area contributed by atoms with Crippen molar-refractivity contribution >= 4 is 21.2 Å². The average Bonchev–Trinajstić information content (AvgIpc) is 3.04. The zero-order chi connectivity index (χ0) is 16.4. The number of aromatic nitrogens is 1. The summed E-state index contributed by atoms with van der Waals surface area (Å²) in [6.07, 6.45) is 6.15. The first kappa shape index (κ1) is 15.2. The van der Waals surface area contributed by atoms with Gasteiger partial charge in [0.1, 0.15) is 4.90 Å². The minimum atomic E-state index is -3.74. The molecule has 2 N–H and O–H groups in total. The number of nitriles is 1. The zero-order valence-electron chi connectivity index (χ0n) is 12.1.